The van der Waals surface area contributed by atoms with Crippen LogP contribution in [0, 0.1) is 16.0 Å². The zero-order chi connectivity index (χ0) is 16.5. The smallest absolute Gasteiger partial charge is 0.270 e. The van der Waals surface area contributed by atoms with Crippen molar-refractivity contribution in [2.45, 2.75) is 12.8 Å². The molecule has 0 radical (unpaired) electrons. The second kappa shape index (κ2) is 5.76. The zero-order valence-corrected chi connectivity index (χ0v) is 11.9. The lowest BCUT2D eigenvalue weighted by atomic mass is 9.85. The number of hydrogen-bond acceptors (Lipinski definition) is 4. The lowest BCUT2D eigenvalue weighted by Gasteiger charge is -2.30. The van der Waals surface area contributed by atoms with E-state index in [0.717, 1.165) is 19.3 Å². The van der Waals surface area contributed by atoms with E-state index < -0.39 is 28.3 Å². The maximum atomic E-state index is 14.6. The minimum absolute atomic E-state index is 0.0435. The fourth-order valence-electron chi connectivity index (χ4n) is 2.21. The number of allylic oxidation sites excluding steroid dienone is 2. The second-order valence-corrected chi connectivity index (χ2v) is 4.89. The topological polar surface area (TPSA) is 69.4 Å². The predicted octanol–water partition coefficient (Wildman–Crippen LogP) is 3.52. The summed E-state index contributed by atoms with van der Waals surface area (Å²) in [5.74, 6) is -5.59. The molecule has 2 rings (SSSR count). The summed E-state index contributed by atoms with van der Waals surface area (Å²) in [5.41, 5.74) is -0.224. The number of ketones is 1. The largest absolute Gasteiger partial charge is 0.345 e. The van der Waals surface area contributed by atoms with Crippen LogP contribution in [0.5, 0.6) is 0 Å². The van der Waals surface area contributed by atoms with Gasteiger partial charge in [0.15, 0.2) is 5.78 Å². The van der Waals surface area contributed by atoms with Crippen molar-refractivity contribution >= 4 is 11.5 Å². The van der Waals surface area contributed by atoms with E-state index in [1.165, 1.54) is 25.1 Å². The number of carbonyl (C=O) groups excluding carboxylic acids is 1. The molecule has 1 aromatic rings. The number of halogens is 2. The first-order valence-corrected chi connectivity index (χ1v) is 6.38. The summed E-state index contributed by atoms with van der Waals surface area (Å²) in [4.78, 5) is 22.6. The van der Waals surface area contributed by atoms with Gasteiger partial charge in [-0.3, -0.25) is 14.9 Å². The molecule has 0 spiro atoms. The Morgan fingerprint density at radius 1 is 1.45 bits per heavy atom. The van der Waals surface area contributed by atoms with E-state index in [2.05, 4.69) is 4.74 Å². The summed E-state index contributed by atoms with van der Waals surface area (Å²) in [6.45, 7) is 1.40. The molecule has 0 saturated carbocycles. The van der Waals surface area contributed by atoms with Crippen LogP contribution >= 0.6 is 0 Å². The van der Waals surface area contributed by atoms with E-state index in [1.807, 2.05) is 0 Å². The van der Waals surface area contributed by atoms with Gasteiger partial charge in [-0.1, -0.05) is 18.2 Å². The fourth-order valence-corrected chi connectivity index (χ4v) is 2.21. The van der Waals surface area contributed by atoms with Gasteiger partial charge in [-0.05, 0) is 12.5 Å². The quantitative estimate of drug-likeness (QED) is 0.485. The number of hydrogen-bond donors (Lipinski definition) is 0. The van der Waals surface area contributed by atoms with Gasteiger partial charge in [0.2, 0.25) is 5.85 Å². The van der Waals surface area contributed by atoms with Crippen LogP contribution in [0.2, 0.25) is 0 Å². The molecule has 2 atom stereocenters. The molecule has 0 heterocycles. The number of rotatable bonds is 4. The maximum absolute atomic E-state index is 14.6. The molecule has 22 heavy (non-hydrogen) atoms. The number of benzene rings is 1. The standard InChI is InChI=1S/C15H13F2NO4/c1-9-6-12(15(17,22-2)8-13(9)16)14(19)10-4-3-5-11(7-10)18(20)21/h3-8,12H,1-2H3. The first-order valence-electron chi connectivity index (χ1n) is 6.38. The molecule has 116 valence electrons. The number of nitro benzene ring substituents is 1. The van der Waals surface area contributed by atoms with Crippen LogP contribution in [0.1, 0.15) is 17.3 Å². The van der Waals surface area contributed by atoms with Gasteiger partial charge in [0.1, 0.15) is 11.7 Å². The molecule has 1 aliphatic rings. The molecule has 0 amide bonds. The molecular formula is C15H13F2NO4. The van der Waals surface area contributed by atoms with E-state index >= 15 is 0 Å². The molecule has 7 heteroatoms. The van der Waals surface area contributed by atoms with Gasteiger partial charge in [0, 0.05) is 30.9 Å². The van der Waals surface area contributed by atoms with Crippen molar-refractivity contribution in [3.05, 3.63) is 63.5 Å². The van der Waals surface area contributed by atoms with Gasteiger partial charge in [-0.2, -0.15) is 0 Å². The summed E-state index contributed by atoms with van der Waals surface area (Å²) in [5, 5.41) is 10.8. The highest BCUT2D eigenvalue weighted by Gasteiger charge is 2.44. The molecule has 0 bridgehead atoms. The number of alkyl halides is 1. The van der Waals surface area contributed by atoms with Crippen molar-refractivity contribution in [2.75, 3.05) is 7.11 Å². The van der Waals surface area contributed by atoms with Gasteiger partial charge >= 0.3 is 0 Å². The number of non-ortho nitro benzene ring substituents is 1. The van der Waals surface area contributed by atoms with Gasteiger partial charge in [-0.25, -0.2) is 8.78 Å². The predicted molar refractivity (Wildman–Crippen MR) is 74.7 cm³/mol. The molecule has 1 aliphatic carbocycles. The molecule has 0 aromatic heterocycles. The van der Waals surface area contributed by atoms with Crippen molar-refractivity contribution in [3.8, 4) is 0 Å². The summed E-state index contributed by atoms with van der Waals surface area (Å²) in [6, 6.07) is 4.94. The molecule has 2 unspecified atom stereocenters. The minimum Gasteiger partial charge on any atom is -0.345 e. The van der Waals surface area contributed by atoms with E-state index in [0.29, 0.717) is 6.08 Å². The van der Waals surface area contributed by atoms with Crippen LogP contribution in [-0.4, -0.2) is 23.7 Å². The van der Waals surface area contributed by atoms with Crippen molar-refractivity contribution in [1.29, 1.82) is 0 Å². The summed E-state index contributed by atoms with van der Waals surface area (Å²) in [7, 11) is 1.02. The van der Waals surface area contributed by atoms with Crippen molar-refractivity contribution in [1.82, 2.24) is 0 Å². The Labute approximate surface area is 125 Å². The Hall–Kier alpha value is -2.41. The highest BCUT2D eigenvalue weighted by Crippen LogP contribution is 2.37. The van der Waals surface area contributed by atoms with Crippen LogP contribution in [0.25, 0.3) is 0 Å². The number of Topliss-reactive ketones (excluding diaryl/α,β-unsaturated/α-hetero) is 1. The lowest BCUT2D eigenvalue weighted by molar-refractivity contribution is -0.384. The third-order valence-corrected chi connectivity index (χ3v) is 3.48. The summed E-state index contributed by atoms with van der Waals surface area (Å²) < 4.78 is 32.8. The molecular weight excluding hydrogens is 296 g/mol. The van der Waals surface area contributed by atoms with Gasteiger partial charge in [0.25, 0.3) is 5.69 Å². The highest BCUT2D eigenvalue weighted by atomic mass is 19.2. The third kappa shape index (κ3) is 2.80. The summed E-state index contributed by atoms with van der Waals surface area (Å²) in [6.07, 6.45) is 1.72. The first kappa shape index (κ1) is 16.0. The van der Waals surface area contributed by atoms with Crippen LogP contribution in [0.15, 0.2) is 47.8 Å². The van der Waals surface area contributed by atoms with E-state index in [-0.39, 0.29) is 16.8 Å². The average molecular weight is 309 g/mol. The SMILES string of the molecule is COC1(F)C=C(F)C(C)=CC1C(=O)c1cccc([N+](=O)[O-])c1. The summed E-state index contributed by atoms with van der Waals surface area (Å²) >= 11 is 0. The second-order valence-electron chi connectivity index (χ2n) is 4.89. The Balaban J connectivity index is 2.44. The Morgan fingerprint density at radius 3 is 2.73 bits per heavy atom. The molecule has 0 fully saturated rings. The average Bonchev–Trinajstić information content (AvgIpc) is 2.50. The van der Waals surface area contributed by atoms with Gasteiger partial charge in [0.05, 0.1) is 4.92 Å². The van der Waals surface area contributed by atoms with Crippen LogP contribution in [0.3, 0.4) is 0 Å². The normalized spacial score (nSPS) is 24.5. The van der Waals surface area contributed by atoms with Crippen LogP contribution in [0.4, 0.5) is 14.5 Å². The molecule has 0 N–H and O–H groups in total. The fraction of sp³-hybridized carbons (Fsp3) is 0.267. The number of nitro groups is 1. The van der Waals surface area contributed by atoms with E-state index in [1.54, 1.807) is 0 Å². The minimum atomic E-state index is -2.63. The maximum Gasteiger partial charge on any atom is 0.270 e. The van der Waals surface area contributed by atoms with Crippen LogP contribution < -0.4 is 0 Å². The third-order valence-electron chi connectivity index (χ3n) is 3.48. The van der Waals surface area contributed by atoms with E-state index in [4.69, 9.17) is 0 Å². The molecule has 1 aromatic carbocycles. The van der Waals surface area contributed by atoms with Crippen molar-refractivity contribution < 1.29 is 23.2 Å². The Bertz CT molecular complexity index is 699. The lowest BCUT2D eigenvalue weighted by Crippen LogP contribution is -2.39. The van der Waals surface area contributed by atoms with Crippen molar-refractivity contribution in [2.24, 2.45) is 5.92 Å². The molecule has 5 nitrogen and oxygen atoms in total. The van der Waals surface area contributed by atoms with Gasteiger partial charge in [-0.15, -0.1) is 0 Å². The first-order chi connectivity index (χ1) is 10.3. The highest BCUT2D eigenvalue weighted by molar-refractivity contribution is 6.00. The van der Waals surface area contributed by atoms with Crippen molar-refractivity contribution in [3.63, 3.8) is 0 Å². The zero-order valence-electron chi connectivity index (χ0n) is 11.9. The number of ether oxygens (including phenoxy) is 1. The number of methoxy groups -OCH3 is 1. The monoisotopic (exact) mass is 309 g/mol. The molecule has 0 aliphatic heterocycles. The molecule has 0 saturated heterocycles. The van der Waals surface area contributed by atoms with Crippen LogP contribution in [-0.2, 0) is 4.74 Å². The number of carbonyl (C=O) groups is 1. The Kier molecular flexibility index (Phi) is 4.18. The van der Waals surface area contributed by atoms with E-state index in [9.17, 15) is 23.7 Å². The Morgan fingerprint density at radius 2 is 2.14 bits per heavy atom. The van der Waals surface area contributed by atoms with Gasteiger partial charge < -0.3 is 4.74 Å². The number of nitrogens with zero attached hydrogens (tertiary/aromatic N) is 1.